The van der Waals surface area contributed by atoms with Crippen LogP contribution in [0.4, 0.5) is 0 Å². The van der Waals surface area contributed by atoms with Gasteiger partial charge in [-0.1, -0.05) is 13.8 Å². The van der Waals surface area contributed by atoms with Crippen molar-refractivity contribution in [1.82, 2.24) is 5.32 Å². The van der Waals surface area contributed by atoms with Crippen molar-refractivity contribution >= 4 is 23.6 Å². The molecule has 0 saturated carbocycles. The maximum atomic E-state index is 11.8. The Kier molecular flexibility index (Phi) is 10.6. The molecule has 0 saturated heterocycles. The number of hydrogen-bond acceptors (Lipinski definition) is 4. The number of nitrogens with one attached hydrogen (secondary N) is 1. The van der Waals surface area contributed by atoms with Crippen LogP contribution in [0.2, 0.25) is 0 Å². The second-order valence-corrected chi connectivity index (χ2v) is 6.35. The minimum atomic E-state index is -0.963. The summed E-state index contributed by atoms with van der Waals surface area (Å²) in [4.78, 5) is 22.9. The normalized spacial score (nSPS) is 14.1. The molecule has 0 aromatic rings. The number of carbonyl (C=O) groups excluding carboxylic acids is 1. The predicted molar refractivity (Wildman–Crippen MR) is 83.8 cm³/mol. The molecule has 0 bridgehead atoms. The second kappa shape index (κ2) is 11.0. The van der Waals surface area contributed by atoms with Crippen LogP contribution in [0.1, 0.15) is 39.5 Å². The largest absolute Gasteiger partial charge is 0.480 e. The van der Waals surface area contributed by atoms with Crippen molar-refractivity contribution in [3.05, 3.63) is 0 Å². The number of carboxylic acids is 1. The van der Waals surface area contributed by atoms with Crippen molar-refractivity contribution in [2.24, 2.45) is 17.6 Å². The first-order chi connectivity index (χ1) is 9.42. The van der Waals surface area contributed by atoms with Crippen molar-refractivity contribution in [2.45, 2.75) is 45.6 Å². The summed E-state index contributed by atoms with van der Waals surface area (Å²) in [5.41, 5.74) is 5.57. The van der Waals surface area contributed by atoms with E-state index in [0.717, 1.165) is 18.6 Å². The summed E-state index contributed by atoms with van der Waals surface area (Å²) in [6.07, 6.45) is 4.40. The molecule has 0 aliphatic heterocycles. The molecule has 0 aromatic heterocycles. The average Bonchev–Trinajstić information content (AvgIpc) is 2.38. The molecule has 0 fully saturated rings. The fourth-order valence-corrected chi connectivity index (χ4v) is 2.57. The standard InChI is InChI=1S/C14H28N2O3S/c1-10(2)11(6-8-15)4-5-13(17)16-12(14(18)19)7-9-20-3/h10-12H,4-9,15H2,1-3H3,(H,16,17)(H,18,19)/t11?,12-/m0/s1. The van der Waals surface area contributed by atoms with E-state index in [1.807, 2.05) is 6.26 Å². The molecule has 0 aliphatic rings. The van der Waals surface area contributed by atoms with Gasteiger partial charge in [0.2, 0.25) is 5.91 Å². The molecule has 0 heterocycles. The Hall–Kier alpha value is -0.750. The third-order valence-corrected chi connectivity index (χ3v) is 4.11. The lowest BCUT2D eigenvalue weighted by atomic mass is 9.88. The number of amides is 1. The van der Waals surface area contributed by atoms with Gasteiger partial charge in [-0.15, -0.1) is 0 Å². The van der Waals surface area contributed by atoms with E-state index in [1.54, 1.807) is 11.8 Å². The summed E-state index contributed by atoms with van der Waals surface area (Å²) >= 11 is 1.57. The van der Waals surface area contributed by atoms with Crippen LogP contribution in [0.15, 0.2) is 0 Å². The number of hydrogen-bond donors (Lipinski definition) is 3. The molecular formula is C14H28N2O3S. The average molecular weight is 304 g/mol. The summed E-state index contributed by atoms with van der Waals surface area (Å²) in [7, 11) is 0. The molecular weight excluding hydrogens is 276 g/mol. The van der Waals surface area contributed by atoms with E-state index >= 15 is 0 Å². The van der Waals surface area contributed by atoms with E-state index in [0.29, 0.717) is 31.2 Å². The molecule has 0 aromatic carbocycles. The Bertz CT molecular complexity index is 298. The number of aliphatic carboxylic acids is 1. The van der Waals surface area contributed by atoms with Gasteiger partial charge in [-0.2, -0.15) is 11.8 Å². The van der Waals surface area contributed by atoms with Gasteiger partial charge in [0.15, 0.2) is 0 Å². The van der Waals surface area contributed by atoms with Gasteiger partial charge in [-0.05, 0) is 49.7 Å². The fraction of sp³-hybridized carbons (Fsp3) is 0.857. The monoisotopic (exact) mass is 304 g/mol. The SMILES string of the molecule is CSCC[C@H](NC(=O)CCC(CCN)C(C)C)C(=O)O. The molecule has 0 spiro atoms. The van der Waals surface area contributed by atoms with Gasteiger partial charge in [0.1, 0.15) is 6.04 Å². The van der Waals surface area contributed by atoms with E-state index in [9.17, 15) is 9.59 Å². The molecule has 1 amide bonds. The third kappa shape index (κ3) is 8.43. The van der Waals surface area contributed by atoms with E-state index < -0.39 is 12.0 Å². The lowest BCUT2D eigenvalue weighted by Gasteiger charge is -2.20. The van der Waals surface area contributed by atoms with Crippen LogP contribution < -0.4 is 11.1 Å². The maximum Gasteiger partial charge on any atom is 0.326 e. The molecule has 0 aliphatic carbocycles. The molecule has 0 rings (SSSR count). The summed E-state index contributed by atoms with van der Waals surface area (Å²) < 4.78 is 0. The Morgan fingerprint density at radius 2 is 1.90 bits per heavy atom. The number of carbonyl (C=O) groups is 2. The van der Waals surface area contributed by atoms with Gasteiger partial charge in [0, 0.05) is 6.42 Å². The summed E-state index contributed by atoms with van der Waals surface area (Å²) in [6, 6.07) is -0.776. The first-order valence-electron chi connectivity index (χ1n) is 7.13. The van der Waals surface area contributed by atoms with Crippen molar-refractivity contribution in [2.75, 3.05) is 18.6 Å². The Morgan fingerprint density at radius 1 is 1.25 bits per heavy atom. The molecule has 1 unspecified atom stereocenters. The molecule has 118 valence electrons. The molecule has 20 heavy (non-hydrogen) atoms. The van der Waals surface area contributed by atoms with Crippen LogP contribution in [0.3, 0.4) is 0 Å². The van der Waals surface area contributed by atoms with Gasteiger partial charge < -0.3 is 16.2 Å². The summed E-state index contributed by atoms with van der Waals surface area (Å²) in [5.74, 6) is 0.480. The van der Waals surface area contributed by atoms with E-state index in [2.05, 4.69) is 19.2 Å². The smallest absolute Gasteiger partial charge is 0.326 e. The second-order valence-electron chi connectivity index (χ2n) is 5.36. The highest BCUT2D eigenvalue weighted by molar-refractivity contribution is 7.98. The van der Waals surface area contributed by atoms with Gasteiger partial charge in [-0.25, -0.2) is 4.79 Å². The molecule has 0 radical (unpaired) electrons. The van der Waals surface area contributed by atoms with Gasteiger partial charge in [0.05, 0.1) is 0 Å². The third-order valence-electron chi connectivity index (χ3n) is 3.47. The summed E-state index contributed by atoms with van der Waals surface area (Å²) in [5, 5.41) is 11.7. The van der Waals surface area contributed by atoms with Crippen LogP contribution in [0.25, 0.3) is 0 Å². The first kappa shape index (κ1) is 19.2. The van der Waals surface area contributed by atoms with E-state index in [4.69, 9.17) is 10.8 Å². The van der Waals surface area contributed by atoms with Crippen LogP contribution in [-0.2, 0) is 9.59 Å². The highest BCUT2D eigenvalue weighted by Gasteiger charge is 2.20. The molecule has 6 heteroatoms. The first-order valence-corrected chi connectivity index (χ1v) is 8.52. The van der Waals surface area contributed by atoms with Gasteiger partial charge in [-0.3, -0.25) is 4.79 Å². The highest BCUT2D eigenvalue weighted by Crippen LogP contribution is 2.20. The lowest BCUT2D eigenvalue weighted by Crippen LogP contribution is -2.41. The highest BCUT2D eigenvalue weighted by atomic mass is 32.2. The molecule has 5 nitrogen and oxygen atoms in total. The van der Waals surface area contributed by atoms with Crippen LogP contribution in [0, 0.1) is 11.8 Å². The van der Waals surface area contributed by atoms with Crippen LogP contribution in [-0.4, -0.2) is 41.6 Å². The topological polar surface area (TPSA) is 92.4 Å². The number of rotatable bonds is 11. The van der Waals surface area contributed by atoms with Crippen LogP contribution in [0.5, 0.6) is 0 Å². The van der Waals surface area contributed by atoms with E-state index in [-0.39, 0.29) is 5.91 Å². The van der Waals surface area contributed by atoms with Crippen molar-refractivity contribution in [3.63, 3.8) is 0 Å². The lowest BCUT2D eigenvalue weighted by molar-refractivity contribution is -0.141. The maximum absolute atomic E-state index is 11.8. The number of nitrogens with two attached hydrogens (primary N) is 1. The zero-order valence-electron chi connectivity index (χ0n) is 12.7. The number of carboxylic acid groups (broad SMARTS) is 1. The zero-order valence-corrected chi connectivity index (χ0v) is 13.5. The molecule has 2 atom stereocenters. The minimum absolute atomic E-state index is 0.179. The summed E-state index contributed by atoms with van der Waals surface area (Å²) in [6.45, 7) is 4.86. The minimum Gasteiger partial charge on any atom is -0.480 e. The molecule has 4 N–H and O–H groups in total. The van der Waals surface area contributed by atoms with Crippen molar-refractivity contribution in [1.29, 1.82) is 0 Å². The fourth-order valence-electron chi connectivity index (χ4n) is 2.10. The Morgan fingerprint density at radius 3 is 2.35 bits per heavy atom. The number of thioether (sulfide) groups is 1. The Balaban J connectivity index is 4.20. The zero-order chi connectivity index (χ0) is 15.5. The van der Waals surface area contributed by atoms with Gasteiger partial charge >= 0.3 is 5.97 Å². The van der Waals surface area contributed by atoms with Crippen LogP contribution >= 0.6 is 11.8 Å². The van der Waals surface area contributed by atoms with E-state index in [1.165, 1.54) is 0 Å². The quantitative estimate of drug-likeness (QED) is 0.540. The van der Waals surface area contributed by atoms with Crippen molar-refractivity contribution < 1.29 is 14.7 Å². The van der Waals surface area contributed by atoms with Crippen molar-refractivity contribution in [3.8, 4) is 0 Å². The Labute approximate surface area is 126 Å². The van der Waals surface area contributed by atoms with Gasteiger partial charge in [0.25, 0.3) is 0 Å². The predicted octanol–water partition coefficient (Wildman–Crippen LogP) is 1.71.